The van der Waals surface area contributed by atoms with Crippen LogP contribution < -0.4 is 0 Å². The van der Waals surface area contributed by atoms with E-state index < -0.39 is 30.1 Å². The van der Waals surface area contributed by atoms with Crippen LogP contribution in [0.5, 0.6) is 0 Å². The summed E-state index contributed by atoms with van der Waals surface area (Å²) in [6.07, 6.45) is 0. The van der Waals surface area contributed by atoms with Gasteiger partial charge in [-0.05, 0) is 5.56 Å². The molecule has 1 aromatic rings. The van der Waals surface area contributed by atoms with Gasteiger partial charge in [0.05, 0.1) is 6.61 Å². The molecular formula is C7H11O10P3. The van der Waals surface area contributed by atoms with Gasteiger partial charge in [-0.15, -0.1) is 0 Å². The zero-order valence-corrected chi connectivity index (χ0v) is 12.4. The van der Waals surface area contributed by atoms with Gasteiger partial charge in [0.15, 0.2) is 0 Å². The van der Waals surface area contributed by atoms with Gasteiger partial charge in [-0.25, -0.2) is 13.7 Å². The number of phosphoric ester groups is 1. The van der Waals surface area contributed by atoms with Gasteiger partial charge in [-0.2, -0.15) is 8.62 Å². The monoisotopic (exact) mass is 348 g/mol. The van der Waals surface area contributed by atoms with Crippen molar-refractivity contribution in [3.8, 4) is 0 Å². The van der Waals surface area contributed by atoms with Gasteiger partial charge in [-0.1, -0.05) is 30.3 Å². The highest BCUT2D eigenvalue weighted by Gasteiger charge is 2.40. The summed E-state index contributed by atoms with van der Waals surface area (Å²) < 4.78 is 44.2. The van der Waals surface area contributed by atoms with E-state index in [0.29, 0.717) is 5.56 Å². The summed E-state index contributed by atoms with van der Waals surface area (Å²) in [4.78, 5) is 34.7. The minimum absolute atomic E-state index is 0.426. The number of hydrogen-bond donors (Lipinski definition) is 4. The van der Waals surface area contributed by atoms with Crippen molar-refractivity contribution in [3.63, 3.8) is 0 Å². The molecule has 0 saturated heterocycles. The quantitative estimate of drug-likeness (QED) is 0.532. The second-order valence-electron chi connectivity index (χ2n) is 3.35. The van der Waals surface area contributed by atoms with Gasteiger partial charge in [0.1, 0.15) is 0 Å². The minimum atomic E-state index is -5.46. The summed E-state index contributed by atoms with van der Waals surface area (Å²) in [6.45, 7) is -0.426. The lowest BCUT2D eigenvalue weighted by atomic mass is 10.2. The smallest absolute Gasteiger partial charge is 0.302 e. The average molecular weight is 348 g/mol. The van der Waals surface area contributed by atoms with Crippen LogP contribution in [0.15, 0.2) is 30.3 Å². The molecule has 0 aromatic heterocycles. The van der Waals surface area contributed by atoms with Crippen molar-refractivity contribution >= 4 is 23.5 Å². The van der Waals surface area contributed by atoms with Crippen molar-refractivity contribution in [2.24, 2.45) is 0 Å². The molecule has 0 fully saturated rings. The number of phosphoric acid groups is 3. The Morgan fingerprint density at radius 1 is 0.850 bits per heavy atom. The summed E-state index contributed by atoms with van der Waals surface area (Å²) in [5.41, 5.74) is 0.467. The van der Waals surface area contributed by atoms with Crippen molar-refractivity contribution in [2.75, 3.05) is 0 Å². The molecule has 0 saturated carbocycles. The molecule has 10 nitrogen and oxygen atoms in total. The summed E-state index contributed by atoms with van der Waals surface area (Å²) in [7, 11) is -15.9. The van der Waals surface area contributed by atoms with Gasteiger partial charge in [0.25, 0.3) is 0 Å². The molecule has 0 aliphatic rings. The molecule has 20 heavy (non-hydrogen) atoms. The molecule has 0 aliphatic carbocycles. The van der Waals surface area contributed by atoms with Crippen molar-refractivity contribution in [1.29, 1.82) is 0 Å². The van der Waals surface area contributed by atoms with Gasteiger partial charge in [0.2, 0.25) is 0 Å². The summed E-state index contributed by atoms with van der Waals surface area (Å²) in [5.74, 6) is 0. The maximum Gasteiger partial charge on any atom is 0.490 e. The van der Waals surface area contributed by atoms with Crippen LogP contribution in [0.2, 0.25) is 0 Å². The average Bonchev–Trinajstić information content (AvgIpc) is 2.23. The van der Waals surface area contributed by atoms with Crippen LogP contribution in [-0.2, 0) is 33.4 Å². The highest BCUT2D eigenvalue weighted by molar-refractivity contribution is 7.66. The van der Waals surface area contributed by atoms with Crippen LogP contribution >= 0.6 is 23.5 Å². The van der Waals surface area contributed by atoms with Crippen molar-refractivity contribution in [2.45, 2.75) is 6.61 Å². The molecule has 0 spiro atoms. The van der Waals surface area contributed by atoms with E-state index in [9.17, 15) is 13.7 Å². The molecule has 0 radical (unpaired) electrons. The Bertz CT molecular complexity index is 580. The molecule has 13 heteroatoms. The normalized spacial score (nSPS) is 18.2. The molecule has 0 aliphatic heterocycles. The minimum Gasteiger partial charge on any atom is -0.302 e. The number of benzene rings is 1. The predicted octanol–water partition coefficient (Wildman–Crippen LogP) is 1.53. The van der Waals surface area contributed by atoms with E-state index >= 15 is 0 Å². The van der Waals surface area contributed by atoms with Gasteiger partial charge in [0, 0.05) is 0 Å². The van der Waals surface area contributed by atoms with Crippen LogP contribution in [-0.4, -0.2) is 19.6 Å². The molecule has 2 unspecified atom stereocenters. The first kappa shape index (κ1) is 17.7. The van der Waals surface area contributed by atoms with Gasteiger partial charge >= 0.3 is 23.5 Å². The second-order valence-corrected chi connectivity index (χ2v) is 7.77. The van der Waals surface area contributed by atoms with Crippen LogP contribution in [0.25, 0.3) is 0 Å². The van der Waals surface area contributed by atoms with Crippen molar-refractivity contribution < 1.29 is 46.4 Å². The molecule has 114 valence electrons. The Kier molecular flexibility index (Phi) is 5.83. The third-order valence-electron chi connectivity index (χ3n) is 1.65. The van der Waals surface area contributed by atoms with E-state index in [1.54, 1.807) is 30.3 Å². The molecule has 1 aromatic carbocycles. The fourth-order valence-corrected chi connectivity index (χ4v) is 4.04. The number of rotatable bonds is 7. The van der Waals surface area contributed by atoms with Gasteiger partial charge in [-0.3, -0.25) is 4.52 Å². The SMILES string of the molecule is O=P(O)(O)OP(=O)(O)OP(=O)(O)OCc1ccccc1. The molecule has 1 rings (SSSR count). The van der Waals surface area contributed by atoms with Crippen LogP contribution in [0, 0.1) is 0 Å². The van der Waals surface area contributed by atoms with Crippen LogP contribution in [0.4, 0.5) is 0 Å². The Morgan fingerprint density at radius 2 is 1.40 bits per heavy atom. The summed E-state index contributed by atoms with van der Waals surface area (Å²) >= 11 is 0. The molecule has 4 N–H and O–H groups in total. The third kappa shape index (κ3) is 7.42. The van der Waals surface area contributed by atoms with Crippen LogP contribution in [0.3, 0.4) is 0 Å². The highest BCUT2D eigenvalue weighted by Crippen LogP contribution is 2.66. The molecule has 2 atom stereocenters. The molecule has 0 heterocycles. The van der Waals surface area contributed by atoms with E-state index in [4.69, 9.17) is 19.6 Å². The Labute approximate surface area is 113 Å². The maximum atomic E-state index is 11.3. The number of hydrogen-bond acceptors (Lipinski definition) is 6. The Balaban J connectivity index is 2.63. The van der Waals surface area contributed by atoms with Gasteiger partial charge < -0.3 is 19.6 Å². The zero-order chi connectivity index (χ0) is 15.4. The van der Waals surface area contributed by atoms with Crippen molar-refractivity contribution in [1.82, 2.24) is 0 Å². The third-order valence-corrected chi connectivity index (χ3v) is 5.44. The van der Waals surface area contributed by atoms with E-state index in [1.165, 1.54) is 0 Å². The topological polar surface area (TPSA) is 160 Å². The zero-order valence-electron chi connectivity index (χ0n) is 9.67. The summed E-state index contributed by atoms with van der Waals surface area (Å²) in [6, 6.07) is 8.02. The van der Waals surface area contributed by atoms with Crippen LogP contribution in [0.1, 0.15) is 5.56 Å². The molecule has 0 bridgehead atoms. The fourth-order valence-electron chi connectivity index (χ4n) is 1.03. The van der Waals surface area contributed by atoms with Crippen molar-refractivity contribution in [3.05, 3.63) is 35.9 Å². The Hall–Kier alpha value is -0.370. The standard InChI is InChI=1S/C7H11O10P3/c8-18(9,10)16-20(13,14)17-19(11,12)15-6-7-4-2-1-3-5-7/h1-5H,6H2,(H,11,12)(H,13,14)(H2,8,9,10). The second kappa shape index (κ2) is 6.60. The Morgan fingerprint density at radius 3 is 1.90 bits per heavy atom. The van der Waals surface area contributed by atoms with E-state index in [-0.39, 0.29) is 0 Å². The predicted molar refractivity (Wildman–Crippen MR) is 65.1 cm³/mol. The first-order chi connectivity index (χ1) is 8.99. The highest BCUT2D eigenvalue weighted by atomic mass is 31.3. The maximum absolute atomic E-state index is 11.3. The lowest BCUT2D eigenvalue weighted by molar-refractivity contribution is 0.166. The summed E-state index contributed by atoms with van der Waals surface area (Å²) in [5, 5.41) is 0. The largest absolute Gasteiger partial charge is 0.490 e. The van der Waals surface area contributed by atoms with E-state index in [0.717, 1.165) is 0 Å². The molecular weight excluding hydrogens is 337 g/mol. The lowest BCUT2D eigenvalue weighted by Crippen LogP contribution is -1.97. The molecule has 0 amide bonds. The first-order valence-electron chi connectivity index (χ1n) is 4.81. The first-order valence-corrected chi connectivity index (χ1v) is 9.33. The lowest BCUT2D eigenvalue weighted by Gasteiger charge is -2.16. The van der Waals surface area contributed by atoms with E-state index in [2.05, 4.69) is 13.1 Å². The van der Waals surface area contributed by atoms with E-state index in [1.807, 2.05) is 0 Å². The fraction of sp³-hybridized carbons (Fsp3) is 0.143.